The fraction of sp³-hybridized carbons (Fsp3) is 0.353. The van der Waals surface area contributed by atoms with E-state index in [2.05, 4.69) is 25.0 Å². The Kier molecular flexibility index (Phi) is 4.57. The first-order chi connectivity index (χ1) is 14.0. The van der Waals surface area contributed by atoms with E-state index in [-0.39, 0.29) is 23.4 Å². The van der Waals surface area contributed by atoms with Crippen LogP contribution in [0.2, 0.25) is 0 Å². The average Bonchev–Trinajstić information content (AvgIpc) is 3.24. The van der Waals surface area contributed by atoms with E-state index in [1.807, 2.05) is 6.07 Å². The standard InChI is InChI=1S/C17H18N8O4/c18-14-12-15(21-8-20-14)25(9-22-12)16(6-10-4-2-1-3-5-10)17(28,23-24-19)13(27)11(7-26)29-16/h1-5,8-9,11,13,26-28H,6-7H2,(H2,18,20,21)/t11-,13-,16-,17-/m1/s1. The van der Waals surface area contributed by atoms with Gasteiger partial charge in [0.05, 0.1) is 12.9 Å². The molecule has 0 unspecified atom stereocenters. The molecule has 3 aromatic rings. The van der Waals surface area contributed by atoms with Crippen molar-refractivity contribution < 1.29 is 20.1 Å². The number of hydrogen-bond acceptors (Lipinski definition) is 9. The van der Waals surface area contributed by atoms with Gasteiger partial charge in [-0.25, -0.2) is 15.0 Å². The van der Waals surface area contributed by atoms with E-state index in [1.165, 1.54) is 17.2 Å². The minimum atomic E-state index is -2.49. The molecule has 3 heterocycles. The summed E-state index contributed by atoms with van der Waals surface area (Å²) in [7, 11) is 0. The molecular formula is C17H18N8O4. The summed E-state index contributed by atoms with van der Waals surface area (Å²) < 4.78 is 7.33. The maximum absolute atomic E-state index is 11.4. The molecule has 29 heavy (non-hydrogen) atoms. The predicted octanol–water partition coefficient (Wildman–Crippen LogP) is 0.0549. The van der Waals surface area contributed by atoms with Crippen molar-refractivity contribution in [2.75, 3.05) is 12.3 Å². The number of anilines is 1. The van der Waals surface area contributed by atoms with Gasteiger partial charge in [-0.15, -0.1) is 0 Å². The summed E-state index contributed by atoms with van der Waals surface area (Å²) in [5.41, 5.74) is 11.8. The minimum absolute atomic E-state index is 0.0354. The van der Waals surface area contributed by atoms with E-state index >= 15 is 0 Å². The number of fused-ring (bicyclic) bond motifs is 1. The van der Waals surface area contributed by atoms with Gasteiger partial charge in [-0.05, 0) is 11.1 Å². The summed E-state index contributed by atoms with van der Waals surface area (Å²) in [4.78, 5) is 15.0. The molecule has 150 valence electrons. The summed E-state index contributed by atoms with van der Waals surface area (Å²) in [5.74, 6) is 0.105. The van der Waals surface area contributed by atoms with Crippen molar-refractivity contribution in [1.29, 1.82) is 0 Å². The smallest absolute Gasteiger partial charge is 0.221 e. The number of ether oxygens (including phenoxy) is 1. The average molecular weight is 398 g/mol. The Morgan fingerprint density at radius 3 is 2.72 bits per heavy atom. The van der Waals surface area contributed by atoms with Gasteiger partial charge in [0.25, 0.3) is 0 Å². The maximum Gasteiger partial charge on any atom is 0.221 e. The Morgan fingerprint density at radius 2 is 2.03 bits per heavy atom. The fourth-order valence-corrected chi connectivity index (χ4v) is 3.72. The number of nitrogen functional groups attached to an aromatic ring is 1. The lowest BCUT2D eigenvalue weighted by Crippen LogP contribution is -2.57. The van der Waals surface area contributed by atoms with Crippen LogP contribution in [0, 0.1) is 0 Å². The summed E-state index contributed by atoms with van der Waals surface area (Å²) in [6.45, 7) is -0.620. The molecule has 5 N–H and O–H groups in total. The van der Waals surface area contributed by atoms with Crippen molar-refractivity contribution in [2.45, 2.75) is 30.1 Å². The van der Waals surface area contributed by atoms with Crippen LogP contribution in [-0.2, 0) is 16.9 Å². The zero-order chi connectivity index (χ0) is 20.6. The van der Waals surface area contributed by atoms with Gasteiger partial charge in [0.15, 0.2) is 17.2 Å². The topological polar surface area (TPSA) is 188 Å². The van der Waals surface area contributed by atoms with Crippen molar-refractivity contribution in [2.24, 2.45) is 5.11 Å². The molecule has 1 aliphatic rings. The van der Waals surface area contributed by atoms with Gasteiger partial charge in [0.2, 0.25) is 5.72 Å². The van der Waals surface area contributed by atoms with Crippen LogP contribution in [0.5, 0.6) is 0 Å². The SMILES string of the molecule is [N-]=[N+]=N[C@@]1(O)[C@H](O)[C@@H](CO)O[C@@]1(Cc1ccccc1)n1cnc2c(N)ncnc21. The van der Waals surface area contributed by atoms with E-state index in [1.54, 1.807) is 24.3 Å². The first kappa shape index (κ1) is 19.1. The Balaban J connectivity index is 2.02. The molecule has 12 nitrogen and oxygen atoms in total. The highest BCUT2D eigenvalue weighted by Gasteiger charge is 2.66. The number of imidazole rings is 1. The molecule has 4 rings (SSSR count). The number of nitrogens with two attached hydrogens (primary N) is 1. The molecular weight excluding hydrogens is 380 g/mol. The summed E-state index contributed by atoms with van der Waals surface area (Å²) >= 11 is 0. The van der Waals surface area contributed by atoms with E-state index in [4.69, 9.17) is 16.0 Å². The molecule has 1 aromatic carbocycles. The number of benzene rings is 1. The lowest BCUT2D eigenvalue weighted by Gasteiger charge is -2.39. The van der Waals surface area contributed by atoms with Crippen molar-refractivity contribution >= 4 is 17.0 Å². The van der Waals surface area contributed by atoms with Crippen LogP contribution in [0.25, 0.3) is 21.6 Å². The largest absolute Gasteiger partial charge is 0.394 e. The highest BCUT2D eigenvalue weighted by molar-refractivity contribution is 5.81. The number of rotatable bonds is 5. The Morgan fingerprint density at radius 1 is 1.28 bits per heavy atom. The number of aliphatic hydroxyl groups is 3. The molecule has 0 aliphatic carbocycles. The van der Waals surface area contributed by atoms with Gasteiger partial charge in [0.1, 0.15) is 24.1 Å². The third-order valence-electron chi connectivity index (χ3n) is 5.10. The molecule has 1 aliphatic heterocycles. The maximum atomic E-state index is 11.4. The van der Waals surface area contributed by atoms with Crippen molar-refractivity contribution in [3.05, 3.63) is 59.0 Å². The van der Waals surface area contributed by atoms with Crippen LogP contribution in [0.3, 0.4) is 0 Å². The van der Waals surface area contributed by atoms with Gasteiger partial charge in [-0.1, -0.05) is 35.4 Å². The van der Waals surface area contributed by atoms with E-state index in [9.17, 15) is 15.3 Å². The molecule has 4 atom stereocenters. The first-order valence-corrected chi connectivity index (χ1v) is 8.70. The minimum Gasteiger partial charge on any atom is -0.394 e. The van der Waals surface area contributed by atoms with Crippen LogP contribution in [0.1, 0.15) is 5.56 Å². The highest BCUT2D eigenvalue weighted by Crippen LogP contribution is 2.48. The fourth-order valence-electron chi connectivity index (χ4n) is 3.72. The van der Waals surface area contributed by atoms with Gasteiger partial charge in [0, 0.05) is 11.3 Å². The number of nitrogens with zero attached hydrogens (tertiary/aromatic N) is 7. The number of azide groups is 1. The van der Waals surface area contributed by atoms with E-state index < -0.39 is 30.3 Å². The molecule has 1 fully saturated rings. The molecule has 12 heteroatoms. The molecule has 0 radical (unpaired) electrons. The van der Waals surface area contributed by atoms with Crippen LogP contribution in [-0.4, -0.2) is 59.4 Å². The Bertz CT molecular complexity index is 1090. The molecule has 0 saturated carbocycles. The van der Waals surface area contributed by atoms with Gasteiger partial charge >= 0.3 is 0 Å². The predicted molar refractivity (Wildman–Crippen MR) is 99.9 cm³/mol. The molecule has 0 spiro atoms. The molecule has 2 aromatic heterocycles. The van der Waals surface area contributed by atoms with Crippen molar-refractivity contribution in [3.8, 4) is 0 Å². The van der Waals surface area contributed by atoms with E-state index in [0.29, 0.717) is 5.56 Å². The zero-order valence-electron chi connectivity index (χ0n) is 15.1. The number of aromatic nitrogens is 4. The Hall–Kier alpha value is -3.28. The van der Waals surface area contributed by atoms with Crippen molar-refractivity contribution in [1.82, 2.24) is 19.5 Å². The van der Waals surface area contributed by atoms with Crippen LogP contribution < -0.4 is 5.73 Å². The van der Waals surface area contributed by atoms with Crippen molar-refractivity contribution in [3.63, 3.8) is 0 Å². The quantitative estimate of drug-likeness (QED) is 0.263. The summed E-state index contributed by atoms with van der Waals surface area (Å²) in [6.07, 6.45) is -0.461. The van der Waals surface area contributed by atoms with Crippen LogP contribution in [0.4, 0.5) is 5.82 Å². The third kappa shape index (κ3) is 2.70. The molecule has 1 saturated heterocycles. The van der Waals surface area contributed by atoms with E-state index in [0.717, 1.165) is 0 Å². The van der Waals surface area contributed by atoms with Crippen LogP contribution >= 0.6 is 0 Å². The zero-order valence-corrected chi connectivity index (χ0v) is 15.1. The summed E-state index contributed by atoms with van der Waals surface area (Å²) in [6, 6.07) is 8.95. The normalized spacial score (nSPS) is 29.1. The second-order valence-corrected chi connectivity index (χ2v) is 6.69. The third-order valence-corrected chi connectivity index (χ3v) is 5.10. The lowest BCUT2D eigenvalue weighted by atomic mass is 9.89. The van der Waals surface area contributed by atoms with Gasteiger partial charge < -0.3 is 25.8 Å². The molecule has 0 bridgehead atoms. The second-order valence-electron chi connectivity index (χ2n) is 6.69. The Labute approximate surface area is 163 Å². The second kappa shape index (κ2) is 6.95. The summed E-state index contributed by atoms with van der Waals surface area (Å²) in [5, 5.41) is 35.3. The van der Waals surface area contributed by atoms with Crippen LogP contribution in [0.15, 0.2) is 48.1 Å². The number of aliphatic hydroxyl groups excluding tert-OH is 2. The lowest BCUT2D eigenvalue weighted by molar-refractivity contribution is -0.191. The monoisotopic (exact) mass is 398 g/mol. The highest BCUT2D eigenvalue weighted by atomic mass is 16.6. The molecule has 0 amide bonds. The number of hydrogen-bond donors (Lipinski definition) is 4. The first-order valence-electron chi connectivity index (χ1n) is 8.70. The van der Waals surface area contributed by atoms with Gasteiger partial charge in [-0.3, -0.25) is 4.57 Å². The van der Waals surface area contributed by atoms with Gasteiger partial charge in [-0.2, -0.15) is 0 Å².